The molecule has 1 unspecified atom stereocenters. The van der Waals surface area contributed by atoms with Crippen molar-refractivity contribution in [3.63, 3.8) is 0 Å². The smallest absolute Gasteiger partial charge is 0.199 e. The zero-order chi connectivity index (χ0) is 16.0. The van der Waals surface area contributed by atoms with E-state index in [0.717, 1.165) is 10.5 Å². The average Bonchev–Trinajstić information content (AvgIpc) is 2.52. The van der Waals surface area contributed by atoms with Gasteiger partial charge in [0.2, 0.25) is 0 Å². The first-order chi connectivity index (χ1) is 10.5. The van der Waals surface area contributed by atoms with Crippen LogP contribution in [0.3, 0.4) is 0 Å². The second-order valence-corrected chi connectivity index (χ2v) is 8.33. The molecule has 0 saturated heterocycles. The van der Waals surface area contributed by atoms with Gasteiger partial charge in [-0.2, -0.15) is 8.42 Å². The van der Waals surface area contributed by atoms with E-state index in [0.29, 0.717) is 5.75 Å². The van der Waals surface area contributed by atoms with Crippen LogP contribution in [0.25, 0.3) is 0 Å². The molecule has 0 fully saturated rings. The number of sulfonamides is 1. The maximum Gasteiger partial charge on any atom is 0.288 e. The van der Waals surface area contributed by atoms with Gasteiger partial charge in [0.25, 0.3) is 10.0 Å². The predicted octanol–water partition coefficient (Wildman–Crippen LogP) is 4.12. The number of hydrogen-bond acceptors (Lipinski definition) is 2. The summed E-state index contributed by atoms with van der Waals surface area (Å²) in [5.41, 5.74) is 1.02. The molecular weight excluding hydrogens is 314 g/mol. The summed E-state index contributed by atoms with van der Waals surface area (Å²) >= 11 is 0. The van der Waals surface area contributed by atoms with Gasteiger partial charge in [-0.25, -0.2) is 0 Å². The lowest BCUT2D eigenvalue weighted by molar-refractivity contribution is 0.598. The van der Waals surface area contributed by atoms with Gasteiger partial charge in [0.05, 0.1) is 4.90 Å². The van der Waals surface area contributed by atoms with Crippen molar-refractivity contribution in [3.8, 4) is 0 Å². The molecule has 2 aromatic carbocycles. The molecule has 2 rings (SSSR count). The molecule has 0 aliphatic heterocycles. The Bertz CT molecular complexity index is 777. The van der Waals surface area contributed by atoms with Crippen molar-refractivity contribution in [1.82, 2.24) is 0 Å². The molecule has 0 bridgehead atoms. The lowest BCUT2D eigenvalue weighted by Gasteiger charge is -2.07. The van der Waals surface area contributed by atoms with Crippen LogP contribution in [0.4, 0.5) is 0 Å². The third kappa shape index (κ3) is 4.39. The van der Waals surface area contributed by atoms with Crippen molar-refractivity contribution in [1.29, 1.82) is 0 Å². The van der Waals surface area contributed by atoms with Crippen LogP contribution in [0.5, 0.6) is 0 Å². The van der Waals surface area contributed by atoms with E-state index in [1.54, 1.807) is 24.3 Å². The van der Waals surface area contributed by atoms with Gasteiger partial charge in [0.1, 0.15) is 0 Å². The third-order valence-electron chi connectivity index (χ3n) is 3.01. The van der Waals surface area contributed by atoms with E-state index in [2.05, 4.69) is 3.77 Å². The average molecular weight is 333 g/mol. The topological polar surface area (TPSA) is 46.5 Å². The molecule has 0 radical (unpaired) electrons. The summed E-state index contributed by atoms with van der Waals surface area (Å²) in [7, 11) is -4.36. The van der Waals surface area contributed by atoms with Crippen LogP contribution in [0.1, 0.15) is 12.5 Å². The number of rotatable bonds is 5. The first-order valence-electron chi connectivity index (χ1n) is 6.95. The minimum Gasteiger partial charge on any atom is -0.199 e. The van der Waals surface area contributed by atoms with Crippen LogP contribution in [-0.2, 0) is 20.7 Å². The van der Waals surface area contributed by atoms with E-state index in [-0.39, 0.29) is 4.90 Å². The number of allylic oxidation sites excluding steroid dienone is 1. The van der Waals surface area contributed by atoms with E-state index >= 15 is 0 Å². The van der Waals surface area contributed by atoms with Crippen LogP contribution in [-0.4, -0.2) is 14.2 Å². The van der Waals surface area contributed by atoms with E-state index < -0.39 is 20.7 Å². The lowest BCUT2D eigenvalue weighted by atomic mass is 10.2. The van der Waals surface area contributed by atoms with Crippen molar-refractivity contribution in [2.24, 2.45) is 3.77 Å². The molecule has 0 amide bonds. The molecule has 0 aromatic heterocycles. The lowest BCUT2D eigenvalue weighted by Crippen LogP contribution is -2.03. The summed E-state index contributed by atoms with van der Waals surface area (Å²) in [5, 5.41) is 0. The van der Waals surface area contributed by atoms with Crippen LogP contribution in [0, 0.1) is 6.92 Å². The molecule has 2 aromatic rings. The molecule has 0 aliphatic rings. The molecule has 3 nitrogen and oxygen atoms in total. The zero-order valence-corrected chi connectivity index (χ0v) is 14.3. The highest BCUT2D eigenvalue weighted by atomic mass is 32.3. The Kier molecular flexibility index (Phi) is 5.69. The minimum atomic E-state index is -3.65. The van der Waals surface area contributed by atoms with Crippen LogP contribution in [0.2, 0.25) is 0 Å². The van der Waals surface area contributed by atoms with E-state index in [4.69, 9.17) is 0 Å². The molecule has 116 valence electrons. The standard InChI is InChI=1S/C17H19NO2S2/c1-3-4-14-21(16-8-6-5-7-9-16)18-22(19,20)17-12-10-15(2)11-13-17/h3-13H,14H2,1-2H3/b4-3+. The van der Waals surface area contributed by atoms with Gasteiger partial charge in [-0.05, 0) is 48.8 Å². The molecule has 5 heteroatoms. The van der Waals surface area contributed by atoms with Crippen molar-refractivity contribution >= 4 is 20.7 Å². The Hall–Kier alpha value is -1.72. The molecule has 0 saturated carbocycles. The Morgan fingerprint density at radius 3 is 2.27 bits per heavy atom. The van der Waals surface area contributed by atoms with Crippen molar-refractivity contribution < 1.29 is 8.42 Å². The number of aryl methyl sites for hydroxylation is 1. The van der Waals surface area contributed by atoms with Gasteiger partial charge in [0, 0.05) is 10.6 Å². The Balaban J connectivity index is 2.45. The van der Waals surface area contributed by atoms with E-state index in [9.17, 15) is 8.42 Å². The highest BCUT2D eigenvalue weighted by Crippen LogP contribution is 2.18. The molecule has 0 spiro atoms. The second-order valence-electron chi connectivity index (χ2n) is 4.78. The normalized spacial score (nSPS) is 13.5. The summed E-state index contributed by atoms with van der Waals surface area (Å²) in [4.78, 5) is 1.17. The van der Waals surface area contributed by atoms with E-state index in [1.807, 2.05) is 56.3 Å². The monoisotopic (exact) mass is 333 g/mol. The number of nitrogens with zero attached hydrogens (tertiary/aromatic N) is 1. The van der Waals surface area contributed by atoms with Crippen molar-refractivity contribution in [2.75, 3.05) is 5.75 Å². The fourth-order valence-electron chi connectivity index (χ4n) is 1.81. The quantitative estimate of drug-likeness (QED) is 0.773. The summed E-state index contributed by atoms with van der Waals surface area (Å²) in [6.07, 6.45) is 3.86. The molecule has 1 atom stereocenters. The molecule has 22 heavy (non-hydrogen) atoms. The molecule has 0 N–H and O–H groups in total. The number of hydrogen-bond donors (Lipinski definition) is 0. The van der Waals surface area contributed by atoms with Crippen LogP contribution in [0.15, 0.2) is 80.3 Å². The molecular formula is C17H19NO2S2. The minimum absolute atomic E-state index is 0.243. The van der Waals surface area contributed by atoms with Crippen LogP contribution < -0.4 is 0 Å². The SMILES string of the molecule is C/C=C/C/S(=N/S(=O)(=O)c1ccc(C)cc1)c1ccccc1. The first-order valence-corrected chi connectivity index (χ1v) is 9.74. The van der Waals surface area contributed by atoms with Crippen molar-refractivity contribution in [3.05, 3.63) is 72.3 Å². The maximum absolute atomic E-state index is 12.5. The van der Waals surface area contributed by atoms with Gasteiger partial charge in [0.15, 0.2) is 0 Å². The highest BCUT2D eigenvalue weighted by Gasteiger charge is 2.14. The van der Waals surface area contributed by atoms with Gasteiger partial charge in [-0.15, -0.1) is 3.77 Å². The fourth-order valence-corrected chi connectivity index (χ4v) is 5.20. The van der Waals surface area contributed by atoms with Crippen molar-refractivity contribution in [2.45, 2.75) is 23.6 Å². The second kappa shape index (κ2) is 7.51. The summed E-state index contributed by atoms with van der Waals surface area (Å²) in [5.74, 6) is 0.589. The largest absolute Gasteiger partial charge is 0.288 e. The Morgan fingerprint density at radius 2 is 1.68 bits per heavy atom. The Labute approximate surface area is 134 Å². The summed E-state index contributed by atoms with van der Waals surface area (Å²) < 4.78 is 29.2. The first kappa shape index (κ1) is 16.6. The Morgan fingerprint density at radius 1 is 1.05 bits per heavy atom. The predicted molar refractivity (Wildman–Crippen MR) is 92.5 cm³/mol. The molecule has 0 heterocycles. The van der Waals surface area contributed by atoms with Gasteiger partial charge in [-0.1, -0.05) is 48.0 Å². The third-order valence-corrected chi connectivity index (χ3v) is 6.71. The maximum atomic E-state index is 12.5. The molecule has 0 aliphatic carbocycles. The van der Waals surface area contributed by atoms with Gasteiger partial charge in [-0.3, -0.25) is 0 Å². The van der Waals surface area contributed by atoms with E-state index in [1.165, 1.54) is 0 Å². The fraction of sp³-hybridized carbons (Fsp3) is 0.176. The van der Waals surface area contributed by atoms with Crippen LogP contribution >= 0.6 is 0 Å². The zero-order valence-electron chi connectivity index (χ0n) is 12.6. The summed E-state index contributed by atoms with van der Waals surface area (Å²) in [6.45, 7) is 3.84. The van der Waals surface area contributed by atoms with Gasteiger partial charge < -0.3 is 0 Å². The number of benzene rings is 2. The highest BCUT2D eigenvalue weighted by molar-refractivity contribution is 8.00. The summed E-state index contributed by atoms with van der Waals surface area (Å²) in [6, 6.07) is 16.3. The van der Waals surface area contributed by atoms with Gasteiger partial charge >= 0.3 is 0 Å².